The molecule has 2 heterocycles. The van der Waals surface area contributed by atoms with Gasteiger partial charge in [-0.25, -0.2) is 0 Å². The Kier molecular flexibility index (Phi) is 4.27. The van der Waals surface area contributed by atoms with E-state index in [1.165, 1.54) is 18.6 Å². The van der Waals surface area contributed by atoms with Crippen molar-refractivity contribution in [2.45, 2.75) is 63.9 Å². The van der Waals surface area contributed by atoms with Crippen molar-refractivity contribution in [3.8, 4) is 0 Å². The fourth-order valence-electron chi connectivity index (χ4n) is 3.03. The summed E-state index contributed by atoms with van der Waals surface area (Å²) in [5, 5.41) is 3.50. The Labute approximate surface area is 115 Å². The Morgan fingerprint density at radius 2 is 2.28 bits per heavy atom. The number of nitrogens with zero attached hydrogens (tertiary/aromatic N) is 1. The van der Waals surface area contributed by atoms with Gasteiger partial charge in [0.25, 0.3) is 0 Å². The fraction of sp³-hybridized carbons (Fsp3) is 0.929. The third kappa shape index (κ3) is 2.69. The first-order chi connectivity index (χ1) is 8.47. The largest absolute Gasteiger partial charge is 0.324 e. The molecule has 2 rings (SSSR count). The van der Waals surface area contributed by atoms with Gasteiger partial charge in [-0.3, -0.25) is 10.1 Å². The first kappa shape index (κ1) is 14.2. The summed E-state index contributed by atoms with van der Waals surface area (Å²) in [4.78, 5) is 14.6. The average Bonchev–Trinajstić information content (AvgIpc) is 2.86. The van der Waals surface area contributed by atoms with E-state index in [4.69, 9.17) is 0 Å². The standard InChI is InChI=1S/C14H26N2OS/c1-5-11-15-12(10(2)3)13(17)16(11)9-14(4)7-6-8-18-14/h10-12,15H,5-9H2,1-4H3. The predicted molar refractivity (Wildman–Crippen MR) is 77.7 cm³/mol. The Balaban J connectivity index is 2.07. The minimum atomic E-state index is 0.0185. The smallest absolute Gasteiger partial charge is 0.241 e. The number of hydrogen-bond donors (Lipinski definition) is 1. The van der Waals surface area contributed by atoms with Crippen molar-refractivity contribution in [3.63, 3.8) is 0 Å². The molecule has 0 aromatic rings. The van der Waals surface area contributed by atoms with Crippen molar-refractivity contribution >= 4 is 17.7 Å². The van der Waals surface area contributed by atoms with Crippen LogP contribution >= 0.6 is 11.8 Å². The average molecular weight is 270 g/mol. The highest BCUT2D eigenvalue weighted by Gasteiger charge is 2.43. The summed E-state index contributed by atoms with van der Waals surface area (Å²) in [5.41, 5.74) is 0. The van der Waals surface area contributed by atoms with Crippen molar-refractivity contribution < 1.29 is 4.79 Å². The number of thioether (sulfide) groups is 1. The molecule has 1 amide bonds. The van der Waals surface area contributed by atoms with Gasteiger partial charge in [0.2, 0.25) is 5.91 Å². The van der Waals surface area contributed by atoms with Crippen LogP contribution in [0.5, 0.6) is 0 Å². The zero-order valence-corrected chi connectivity index (χ0v) is 12.8. The van der Waals surface area contributed by atoms with Gasteiger partial charge in [0.15, 0.2) is 0 Å². The molecule has 0 aromatic heterocycles. The van der Waals surface area contributed by atoms with Crippen LogP contribution in [0, 0.1) is 5.92 Å². The molecular weight excluding hydrogens is 244 g/mol. The van der Waals surface area contributed by atoms with Gasteiger partial charge in [-0.1, -0.05) is 20.8 Å². The van der Waals surface area contributed by atoms with E-state index in [1.54, 1.807) is 0 Å². The lowest BCUT2D eigenvalue weighted by Gasteiger charge is -2.32. The van der Waals surface area contributed by atoms with Crippen LogP contribution in [0.1, 0.15) is 47.0 Å². The second-order valence-corrected chi connectivity index (χ2v) is 7.86. The first-order valence-electron chi connectivity index (χ1n) is 7.17. The summed E-state index contributed by atoms with van der Waals surface area (Å²) in [6.07, 6.45) is 3.77. The topological polar surface area (TPSA) is 32.3 Å². The molecule has 0 aliphatic carbocycles. The number of nitrogens with one attached hydrogen (secondary N) is 1. The van der Waals surface area contributed by atoms with E-state index in [-0.39, 0.29) is 17.0 Å². The second kappa shape index (κ2) is 5.41. The number of hydrogen-bond acceptors (Lipinski definition) is 3. The number of rotatable bonds is 4. The zero-order valence-electron chi connectivity index (χ0n) is 12.0. The summed E-state index contributed by atoms with van der Waals surface area (Å²) in [5.74, 6) is 1.93. The van der Waals surface area contributed by atoms with Gasteiger partial charge in [-0.05, 0) is 37.9 Å². The molecule has 3 unspecified atom stereocenters. The van der Waals surface area contributed by atoms with E-state index in [0.29, 0.717) is 11.8 Å². The van der Waals surface area contributed by atoms with Crippen LogP contribution in [0.3, 0.4) is 0 Å². The van der Waals surface area contributed by atoms with E-state index in [2.05, 4.69) is 37.9 Å². The third-order valence-corrected chi connectivity index (χ3v) is 5.68. The maximum Gasteiger partial charge on any atom is 0.241 e. The molecule has 0 spiro atoms. The van der Waals surface area contributed by atoms with Gasteiger partial charge < -0.3 is 4.90 Å². The normalized spacial score (nSPS) is 36.9. The molecule has 18 heavy (non-hydrogen) atoms. The molecule has 2 fully saturated rings. The number of carbonyl (C=O) groups excluding carboxylic acids is 1. The monoisotopic (exact) mass is 270 g/mol. The minimum Gasteiger partial charge on any atom is -0.324 e. The van der Waals surface area contributed by atoms with Gasteiger partial charge >= 0.3 is 0 Å². The van der Waals surface area contributed by atoms with Crippen LogP contribution in [-0.4, -0.2) is 40.1 Å². The van der Waals surface area contributed by atoms with Crippen LogP contribution in [0.25, 0.3) is 0 Å². The molecule has 0 radical (unpaired) electrons. The third-order valence-electron chi connectivity index (χ3n) is 4.16. The molecule has 2 aliphatic rings. The molecule has 0 saturated carbocycles. The van der Waals surface area contributed by atoms with Crippen LogP contribution in [0.15, 0.2) is 0 Å². The molecule has 3 atom stereocenters. The summed E-state index contributed by atoms with van der Waals surface area (Å²) in [6, 6.07) is 0.0185. The van der Waals surface area contributed by atoms with E-state index < -0.39 is 0 Å². The highest BCUT2D eigenvalue weighted by atomic mass is 32.2. The molecule has 3 nitrogen and oxygen atoms in total. The van der Waals surface area contributed by atoms with Gasteiger partial charge in [0, 0.05) is 11.3 Å². The van der Waals surface area contributed by atoms with Gasteiger partial charge in [0.1, 0.15) is 0 Å². The maximum absolute atomic E-state index is 12.5. The summed E-state index contributed by atoms with van der Waals surface area (Å²) in [6.45, 7) is 9.62. The second-order valence-electron chi connectivity index (χ2n) is 6.18. The van der Waals surface area contributed by atoms with Crippen molar-refractivity contribution in [1.29, 1.82) is 0 Å². The minimum absolute atomic E-state index is 0.0185. The quantitative estimate of drug-likeness (QED) is 0.852. The summed E-state index contributed by atoms with van der Waals surface area (Å²) in [7, 11) is 0. The van der Waals surface area contributed by atoms with E-state index >= 15 is 0 Å². The van der Waals surface area contributed by atoms with E-state index in [9.17, 15) is 4.79 Å². The predicted octanol–water partition coefficient (Wildman–Crippen LogP) is 2.46. The van der Waals surface area contributed by atoms with Crippen LogP contribution in [0.2, 0.25) is 0 Å². The molecule has 104 valence electrons. The van der Waals surface area contributed by atoms with Crippen molar-refractivity contribution in [3.05, 3.63) is 0 Å². The number of carbonyl (C=O) groups is 1. The highest BCUT2D eigenvalue weighted by Crippen LogP contribution is 2.39. The van der Waals surface area contributed by atoms with Crippen molar-refractivity contribution in [1.82, 2.24) is 10.2 Å². The van der Waals surface area contributed by atoms with Crippen molar-refractivity contribution in [2.24, 2.45) is 5.92 Å². The lowest BCUT2D eigenvalue weighted by Crippen LogP contribution is -2.44. The van der Waals surface area contributed by atoms with E-state index in [0.717, 1.165) is 13.0 Å². The highest BCUT2D eigenvalue weighted by molar-refractivity contribution is 8.00. The first-order valence-corrected chi connectivity index (χ1v) is 8.16. The fourth-order valence-corrected chi connectivity index (χ4v) is 4.33. The Bertz CT molecular complexity index is 313. The van der Waals surface area contributed by atoms with Gasteiger partial charge in [0.05, 0.1) is 12.2 Å². The van der Waals surface area contributed by atoms with Gasteiger partial charge in [-0.15, -0.1) is 0 Å². The van der Waals surface area contributed by atoms with Crippen molar-refractivity contribution in [2.75, 3.05) is 12.3 Å². The Morgan fingerprint density at radius 1 is 1.56 bits per heavy atom. The Hall–Kier alpha value is -0.220. The van der Waals surface area contributed by atoms with E-state index in [1.807, 2.05) is 11.8 Å². The van der Waals surface area contributed by atoms with Crippen LogP contribution in [-0.2, 0) is 4.79 Å². The molecule has 0 aromatic carbocycles. The molecule has 2 aliphatic heterocycles. The maximum atomic E-state index is 12.5. The molecule has 4 heteroatoms. The molecular formula is C14H26N2OS. The zero-order chi connectivity index (χ0) is 13.3. The summed E-state index contributed by atoms with van der Waals surface area (Å²) >= 11 is 2.03. The van der Waals surface area contributed by atoms with Crippen LogP contribution in [0.4, 0.5) is 0 Å². The Morgan fingerprint density at radius 3 is 2.78 bits per heavy atom. The lowest BCUT2D eigenvalue weighted by atomic mass is 10.0. The lowest BCUT2D eigenvalue weighted by molar-refractivity contribution is -0.131. The SMILES string of the molecule is CCC1NC(C(C)C)C(=O)N1CC1(C)CCCS1. The number of amides is 1. The molecule has 1 N–H and O–H groups in total. The molecule has 0 bridgehead atoms. The summed E-state index contributed by atoms with van der Waals surface area (Å²) < 4.78 is 0.274. The van der Waals surface area contributed by atoms with Crippen LogP contribution < -0.4 is 5.32 Å². The molecule has 2 saturated heterocycles. The van der Waals surface area contributed by atoms with Gasteiger partial charge in [-0.2, -0.15) is 11.8 Å².